The zero-order valence-corrected chi connectivity index (χ0v) is 14.7. The summed E-state index contributed by atoms with van der Waals surface area (Å²) < 4.78 is 10.9. The minimum atomic E-state index is -0.385. The average Bonchev–Trinajstić information content (AvgIpc) is 3.05. The molecule has 1 atom stereocenters. The van der Waals surface area contributed by atoms with Crippen LogP contribution in [0.1, 0.15) is 16.8 Å². The van der Waals surface area contributed by atoms with Gasteiger partial charge in [-0.25, -0.2) is 4.98 Å². The molecule has 0 bridgehead atoms. The van der Waals surface area contributed by atoms with Crippen LogP contribution in [-0.4, -0.2) is 30.2 Å². The van der Waals surface area contributed by atoms with Gasteiger partial charge in [0, 0.05) is 17.6 Å². The Labute approximate surface area is 153 Å². The molecule has 5 nitrogen and oxygen atoms in total. The van der Waals surface area contributed by atoms with Gasteiger partial charge in [-0.2, -0.15) is 0 Å². The first-order valence-corrected chi connectivity index (χ1v) is 8.32. The van der Waals surface area contributed by atoms with Gasteiger partial charge in [0.25, 0.3) is 5.91 Å². The molecule has 1 amide bonds. The van der Waals surface area contributed by atoms with Crippen molar-refractivity contribution < 1.29 is 14.3 Å². The van der Waals surface area contributed by atoms with Crippen molar-refractivity contribution in [2.24, 2.45) is 0 Å². The minimum absolute atomic E-state index is 0.0671. The van der Waals surface area contributed by atoms with E-state index in [4.69, 9.17) is 44.3 Å². The van der Waals surface area contributed by atoms with Gasteiger partial charge >= 0.3 is 0 Å². The number of halogens is 3. The predicted octanol–water partition coefficient (Wildman–Crippen LogP) is 4.46. The second-order valence-electron chi connectivity index (χ2n) is 5.19. The fourth-order valence-corrected chi connectivity index (χ4v) is 2.85. The summed E-state index contributed by atoms with van der Waals surface area (Å²) >= 11 is 18.0. The Hall–Kier alpha value is -1.53. The lowest BCUT2D eigenvalue weighted by Gasteiger charge is -2.13. The molecule has 0 saturated carbocycles. The van der Waals surface area contributed by atoms with Gasteiger partial charge in [0.15, 0.2) is 0 Å². The summed E-state index contributed by atoms with van der Waals surface area (Å²) in [6, 6.07) is 6.30. The smallest absolute Gasteiger partial charge is 0.257 e. The highest BCUT2D eigenvalue weighted by Gasteiger charge is 2.20. The Balaban J connectivity index is 1.71. The highest BCUT2D eigenvalue weighted by atomic mass is 35.5. The molecular weight excluding hydrogens is 375 g/mol. The van der Waals surface area contributed by atoms with Crippen molar-refractivity contribution in [2.75, 3.05) is 18.5 Å². The van der Waals surface area contributed by atoms with Gasteiger partial charge in [0.1, 0.15) is 11.1 Å². The lowest BCUT2D eigenvalue weighted by Crippen LogP contribution is -2.17. The molecule has 3 rings (SSSR count). The highest BCUT2D eigenvalue weighted by molar-refractivity contribution is 6.37. The van der Waals surface area contributed by atoms with E-state index in [1.807, 2.05) is 0 Å². The van der Waals surface area contributed by atoms with E-state index in [2.05, 4.69) is 10.3 Å². The SMILES string of the molecule is O=C(Nc1ccc(Cl)cc1Cl)c1cnc(OC2CCOC2)c(Cl)c1. The van der Waals surface area contributed by atoms with Crippen molar-refractivity contribution in [1.29, 1.82) is 0 Å². The van der Waals surface area contributed by atoms with Crippen LogP contribution in [0.2, 0.25) is 15.1 Å². The molecule has 1 N–H and O–H groups in total. The fraction of sp³-hybridized carbons (Fsp3) is 0.250. The first-order chi connectivity index (χ1) is 11.5. The van der Waals surface area contributed by atoms with E-state index in [0.717, 1.165) is 6.42 Å². The molecule has 0 aliphatic carbocycles. The number of ether oxygens (including phenoxy) is 2. The molecule has 1 saturated heterocycles. The van der Waals surface area contributed by atoms with Gasteiger partial charge in [-0.05, 0) is 24.3 Å². The Bertz CT molecular complexity index is 764. The van der Waals surface area contributed by atoms with Crippen molar-refractivity contribution in [3.8, 4) is 5.88 Å². The van der Waals surface area contributed by atoms with Gasteiger partial charge in [0.05, 0.1) is 29.5 Å². The maximum atomic E-state index is 12.3. The van der Waals surface area contributed by atoms with Gasteiger partial charge in [-0.1, -0.05) is 34.8 Å². The third-order valence-electron chi connectivity index (χ3n) is 3.42. The Morgan fingerprint density at radius 2 is 2.08 bits per heavy atom. The first kappa shape index (κ1) is 17.3. The third kappa shape index (κ3) is 4.11. The molecule has 1 aliphatic rings. The molecule has 2 heterocycles. The van der Waals surface area contributed by atoms with E-state index in [1.54, 1.807) is 18.2 Å². The largest absolute Gasteiger partial charge is 0.471 e. The number of aromatic nitrogens is 1. The van der Waals surface area contributed by atoms with E-state index in [-0.39, 0.29) is 22.9 Å². The van der Waals surface area contributed by atoms with Crippen LogP contribution in [0.3, 0.4) is 0 Å². The monoisotopic (exact) mass is 386 g/mol. The first-order valence-electron chi connectivity index (χ1n) is 7.19. The number of carbonyl (C=O) groups is 1. The van der Waals surface area contributed by atoms with Gasteiger partial charge < -0.3 is 14.8 Å². The quantitative estimate of drug-likeness (QED) is 0.841. The zero-order chi connectivity index (χ0) is 17.1. The number of rotatable bonds is 4. The Kier molecular flexibility index (Phi) is 5.46. The van der Waals surface area contributed by atoms with E-state index in [9.17, 15) is 4.79 Å². The van der Waals surface area contributed by atoms with Crippen LogP contribution in [0.25, 0.3) is 0 Å². The zero-order valence-electron chi connectivity index (χ0n) is 12.4. The number of carbonyl (C=O) groups excluding carboxylic acids is 1. The molecule has 2 aromatic rings. The second-order valence-corrected chi connectivity index (χ2v) is 6.44. The number of benzene rings is 1. The number of pyridine rings is 1. The lowest BCUT2D eigenvalue weighted by atomic mass is 10.2. The summed E-state index contributed by atoms with van der Waals surface area (Å²) in [6.45, 7) is 1.17. The number of hydrogen-bond donors (Lipinski definition) is 1. The maximum Gasteiger partial charge on any atom is 0.257 e. The highest BCUT2D eigenvalue weighted by Crippen LogP contribution is 2.28. The standard InChI is InChI=1S/C16H13Cl3N2O3/c17-10-1-2-14(12(18)6-10)21-15(22)9-5-13(19)16(20-7-9)24-11-3-4-23-8-11/h1-2,5-7,11H,3-4,8H2,(H,21,22). The summed E-state index contributed by atoms with van der Waals surface area (Å²) in [5, 5.41) is 3.78. The average molecular weight is 388 g/mol. The summed E-state index contributed by atoms with van der Waals surface area (Å²) in [5.74, 6) is -0.0994. The molecule has 1 fully saturated rings. The molecule has 126 valence electrons. The maximum absolute atomic E-state index is 12.3. The van der Waals surface area contributed by atoms with E-state index in [0.29, 0.717) is 34.5 Å². The number of amides is 1. The molecular formula is C16H13Cl3N2O3. The van der Waals surface area contributed by atoms with Crippen LogP contribution in [0.15, 0.2) is 30.5 Å². The van der Waals surface area contributed by atoms with Crippen LogP contribution in [0.5, 0.6) is 5.88 Å². The summed E-state index contributed by atoms with van der Waals surface area (Å²) in [4.78, 5) is 16.4. The number of nitrogens with one attached hydrogen (secondary N) is 1. The van der Waals surface area contributed by atoms with Crippen LogP contribution < -0.4 is 10.1 Å². The molecule has 24 heavy (non-hydrogen) atoms. The number of nitrogens with zero attached hydrogens (tertiary/aromatic N) is 1. The van der Waals surface area contributed by atoms with E-state index in [1.165, 1.54) is 12.3 Å². The van der Waals surface area contributed by atoms with Crippen LogP contribution in [0.4, 0.5) is 5.69 Å². The lowest BCUT2D eigenvalue weighted by molar-refractivity contribution is 0.102. The predicted molar refractivity (Wildman–Crippen MR) is 93.5 cm³/mol. The van der Waals surface area contributed by atoms with Crippen molar-refractivity contribution in [1.82, 2.24) is 4.98 Å². The second kappa shape index (κ2) is 7.57. The van der Waals surface area contributed by atoms with Crippen molar-refractivity contribution in [3.63, 3.8) is 0 Å². The van der Waals surface area contributed by atoms with E-state index < -0.39 is 0 Å². The van der Waals surface area contributed by atoms with Gasteiger partial charge in [0.2, 0.25) is 5.88 Å². The van der Waals surface area contributed by atoms with Crippen LogP contribution >= 0.6 is 34.8 Å². The molecule has 1 unspecified atom stereocenters. The summed E-state index contributed by atoms with van der Waals surface area (Å²) in [7, 11) is 0. The molecule has 1 aliphatic heterocycles. The summed E-state index contributed by atoms with van der Waals surface area (Å²) in [6.07, 6.45) is 2.12. The molecule has 1 aromatic carbocycles. The van der Waals surface area contributed by atoms with Crippen molar-refractivity contribution in [3.05, 3.63) is 51.1 Å². The molecule has 0 spiro atoms. The number of anilines is 1. The van der Waals surface area contributed by atoms with Crippen molar-refractivity contribution in [2.45, 2.75) is 12.5 Å². The van der Waals surface area contributed by atoms with Gasteiger partial charge in [-0.15, -0.1) is 0 Å². The minimum Gasteiger partial charge on any atom is -0.471 e. The van der Waals surface area contributed by atoms with Crippen LogP contribution in [0, 0.1) is 0 Å². The van der Waals surface area contributed by atoms with Crippen molar-refractivity contribution >= 4 is 46.4 Å². The molecule has 0 radical (unpaired) electrons. The molecule has 8 heteroatoms. The fourth-order valence-electron chi connectivity index (χ4n) is 2.19. The van der Waals surface area contributed by atoms with Gasteiger partial charge in [-0.3, -0.25) is 4.79 Å². The van der Waals surface area contributed by atoms with E-state index >= 15 is 0 Å². The normalized spacial score (nSPS) is 16.9. The van der Waals surface area contributed by atoms with Crippen LogP contribution in [-0.2, 0) is 4.74 Å². The topological polar surface area (TPSA) is 60.5 Å². The Morgan fingerprint density at radius 3 is 2.75 bits per heavy atom. The Morgan fingerprint density at radius 1 is 1.25 bits per heavy atom. The summed E-state index contributed by atoms with van der Waals surface area (Å²) in [5.41, 5.74) is 0.742. The number of hydrogen-bond acceptors (Lipinski definition) is 4. The molecule has 1 aromatic heterocycles. The third-order valence-corrected chi connectivity index (χ3v) is 4.23.